The van der Waals surface area contributed by atoms with Crippen molar-refractivity contribution in [3.05, 3.63) is 35.4 Å². The van der Waals surface area contributed by atoms with E-state index in [1.807, 2.05) is 6.92 Å². The first-order chi connectivity index (χ1) is 9.02. The van der Waals surface area contributed by atoms with Crippen molar-refractivity contribution in [1.82, 2.24) is 5.32 Å². The van der Waals surface area contributed by atoms with E-state index in [9.17, 15) is 13.2 Å². The van der Waals surface area contributed by atoms with E-state index < -0.39 is 11.7 Å². The third kappa shape index (κ3) is 3.48. The van der Waals surface area contributed by atoms with Gasteiger partial charge >= 0.3 is 6.18 Å². The first-order valence-corrected chi connectivity index (χ1v) is 6.52. The van der Waals surface area contributed by atoms with E-state index in [1.165, 1.54) is 12.1 Å². The van der Waals surface area contributed by atoms with Crippen LogP contribution in [0, 0.1) is 5.92 Å². The van der Waals surface area contributed by atoms with Crippen LogP contribution in [0.5, 0.6) is 0 Å². The fourth-order valence-electron chi connectivity index (χ4n) is 2.40. The van der Waals surface area contributed by atoms with Gasteiger partial charge in [0.1, 0.15) is 0 Å². The van der Waals surface area contributed by atoms with Crippen LogP contribution in [-0.4, -0.2) is 19.7 Å². The summed E-state index contributed by atoms with van der Waals surface area (Å²) in [4.78, 5) is 0. The minimum Gasteiger partial charge on any atom is -0.373 e. The number of rotatable bonds is 4. The molecule has 1 heterocycles. The molecule has 1 aliphatic heterocycles. The normalized spacial score (nSPS) is 23.8. The Bertz CT molecular complexity index is 402. The van der Waals surface area contributed by atoms with Gasteiger partial charge in [0.15, 0.2) is 0 Å². The van der Waals surface area contributed by atoms with Crippen molar-refractivity contribution < 1.29 is 17.9 Å². The molecule has 0 saturated carbocycles. The second-order valence-electron chi connectivity index (χ2n) is 4.77. The number of hydrogen-bond donors (Lipinski definition) is 1. The molecule has 2 atom stereocenters. The lowest BCUT2D eigenvalue weighted by Crippen LogP contribution is -2.24. The van der Waals surface area contributed by atoms with Crippen LogP contribution in [0.4, 0.5) is 13.2 Å². The highest BCUT2D eigenvalue weighted by Gasteiger charge is 2.32. The van der Waals surface area contributed by atoms with Gasteiger partial charge in [-0.2, -0.15) is 13.2 Å². The lowest BCUT2D eigenvalue weighted by Gasteiger charge is -2.19. The van der Waals surface area contributed by atoms with E-state index in [4.69, 9.17) is 4.74 Å². The number of benzene rings is 1. The smallest absolute Gasteiger partial charge is 0.373 e. The maximum atomic E-state index is 12.5. The van der Waals surface area contributed by atoms with Gasteiger partial charge in [-0.1, -0.05) is 19.1 Å². The quantitative estimate of drug-likeness (QED) is 0.908. The van der Waals surface area contributed by atoms with Gasteiger partial charge in [0.2, 0.25) is 0 Å². The summed E-state index contributed by atoms with van der Waals surface area (Å²) in [7, 11) is 0. The van der Waals surface area contributed by atoms with Gasteiger partial charge in [0, 0.05) is 19.1 Å². The second kappa shape index (κ2) is 5.92. The predicted molar refractivity (Wildman–Crippen MR) is 66.8 cm³/mol. The Balaban J connectivity index is 2.08. The van der Waals surface area contributed by atoms with Crippen LogP contribution in [0.3, 0.4) is 0 Å². The summed E-state index contributed by atoms with van der Waals surface area (Å²) in [5.74, 6) is 0.330. The average Bonchev–Trinajstić information content (AvgIpc) is 2.83. The molecule has 2 rings (SSSR count). The minimum absolute atomic E-state index is 0.0960. The van der Waals surface area contributed by atoms with E-state index in [0.29, 0.717) is 12.5 Å². The molecule has 0 spiro atoms. The monoisotopic (exact) mass is 273 g/mol. The molecule has 1 saturated heterocycles. The fraction of sp³-hybridized carbons (Fsp3) is 0.571. The summed E-state index contributed by atoms with van der Waals surface area (Å²) in [5, 5.41) is 3.27. The summed E-state index contributed by atoms with van der Waals surface area (Å²) < 4.78 is 43.1. The highest BCUT2D eigenvalue weighted by molar-refractivity contribution is 5.27. The highest BCUT2D eigenvalue weighted by Crippen LogP contribution is 2.36. The largest absolute Gasteiger partial charge is 0.416 e. The Hall–Kier alpha value is -1.07. The molecule has 2 nitrogen and oxygen atoms in total. The summed E-state index contributed by atoms with van der Waals surface area (Å²) >= 11 is 0. The van der Waals surface area contributed by atoms with Crippen molar-refractivity contribution in [2.45, 2.75) is 25.6 Å². The highest BCUT2D eigenvalue weighted by atomic mass is 19.4. The van der Waals surface area contributed by atoms with Crippen molar-refractivity contribution >= 4 is 0 Å². The maximum Gasteiger partial charge on any atom is 0.416 e. The Morgan fingerprint density at radius 2 is 1.95 bits per heavy atom. The molecule has 0 bridgehead atoms. The van der Waals surface area contributed by atoms with Crippen LogP contribution in [0.25, 0.3) is 0 Å². The Kier molecular flexibility index (Phi) is 4.47. The third-order valence-electron chi connectivity index (χ3n) is 3.44. The van der Waals surface area contributed by atoms with Crippen LogP contribution in [-0.2, 0) is 10.9 Å². The van der Waals surface area contributed by atoms with Crippen molar-refractivity contribution in [3.63, 3.8) is 0 Å². The standard InChI is InChI=1S/C14H18F3NO/c1-2-18-9-11-7-8-19-13(11)10-3-5-12(6-4-10)14(15,16)17/h3-6,11,13,18H,2,7-9H2,1H3. The zero-order valence-electron chi connectivity index (χ0n) is 10.8. The van der Waals surface area contributed by atoms with E-state index in [0.717, 1.165) is 37.2 Å². The lowest BCUT2D eigenvalue weighted by molar-refractivity contribution is -0.137. The molecular weight excluding hydrogens is 255 g/mol. The molecule has 1 aliphatic rings. The fourth-order valence-corrected chi connectivity index (χ4v) is 2.40. The van der Waals surface area contributed by atoms with Gasteiger partial charge in [0.25, 0.3) is 0 Å². The summed E-state index contributed by atoms with van der Waals surface area (Å²) in [6, 6.07) is 5.30. The van der Waals surface area contributed by atoms with Crippen LogP contribution in [0.2, 0.25) is 0 Å². The molecule has 0 aromatic heterocycles. The number of nitrogens with one attached hydrogen (secondary N) is 1. The van der Waals surface area contributed by atoms with Crippen LogP contribution >= 0.6 is 0 Å². The molecule has 0 radical (unpaired) electrons. The molecule has 0 amide bonds. The topological polar surface area (TPSA) is 21.3 Å². The molecular formula is C14H18F3NO. The molecule has 1 fully saturated rings. The van der Waals surface area contributed by atoms with E-state index in [1.54, 1.807) is 0 Å². The Labute approximate surface area is 111 Å². The predicted octanol–water partition coefficient (Wildman–Crippen LogP) is 3.39. The van der Waals surface area contributed by atoms with E-state index >= 15 is 0 Å². The number of alkyl halides is 3. The van der Waals surface area contributed by atoms with Gasteiger partial charge in [-0.25, -0.2) is 0 Å². The van der Waals surface area contributed by atoms with Gasteiger partial charge in [-0.3, -0.25) is 0 Å². The van der Waals surface area contributed by atoms with Gasteiger partial charge in [-0.15, -0.1) is 0 Å². The first kappa shape index (κ1) is 14.3. The molecule has 1 aromatic rings. The van der Waals surface area contributed by atoms with Crippen LogP contribution in [0.1, 0.15) is 30.6 Å². The van der Waals surface area contributed by atoms with Gasteiger partial charge in [-0.05, 0) is 30.7 Å². The van der Waals surface area contributed by atoms with Crippen LogP contribution in [0.15, 0.2) is 24.3 Å². The first-order valence-electron chi connectivity index (χ1n) is 6.52. The molecule has 1 N–H and O–H groups in total. The second-order valence-corrected chi connectivity index (χ2v) is 4.77. The van der Waals surface area contributed by atoms with Gasteiger partial charge in [0.05, 0.1) is 11.7 Å². The molecule has 5 heteroatoms. The summed E-state index contributed by atoms with van der Waals surface area (Å²) in [6.07, 6.45) is -3.43. The number of halogens is 3. The SMILES string of the molecule is CCNCC1CCOC1c1ccc(C(F)(F)F)cc1. The average molecular weight is 273 g/mol. The van der Waals surface area contributed by atoms with Gasteiger partial charge < -0.3 is 10.1 Å². The van der Waals surface area contributed by atoms with E-state index in [-0.39, 0.29) is 6.10 Å². The maximum absolute atomic E-state index is 12.5. The van der Waals surface area contributed by atoms with Crippen molar-refractivity contribution in [2.24, 2.45) is 5.92 Å². The summed E-state index contributed by atoms with van der Waals surface area (Å²) in [6.45, 7) is 4.42. The van der Waals surface area contributed by atoms with E-state index in [2.05, 4.69) is 5.32 Å². The lowest BCUT2D eigenvalue weighted by atomic mass is 9.94. The summed E-state index contributed by atoms with van der Waals surface area (Å²) in [5.41, 5.74) is 0.214. The van der Waals surface area contributed by atoms with Crippen molar-refractivity contribution in [2.75, 3.05) is 19.7 Å². The molecule has 106 valence electrons. The molecule has 1 aromatic carbocycles. The zero-order valence-corrected chi connectivity index (χ0v) is 10.8. The van der Waals surface area contributed by atoms with Crippen molar-refractivity contribution in [3.8, 4) is 0 Å². The van der Waals surface area contributed by atoms with Crippen molar-refractivity contribution in [1.29, 1.82) is 0 Å². The zero-order chi connectivity index (χ0) is 13.9. The Morgan fingerprint density at radius 3 is 2.53 bits per heavy atom. The Morgan fingerprint density at radius 1 is 1.26 bits per heavy atom. The number of hydrogen-bond acceptors (Lipinski definition) is 2. The molecule has 2 unspecified atom stereocenters. The van der Waals surface area contributed by atoms with Crippen LogP contribution < -0.4 is 5.32 Å². The number of ether oxygens (including phenoxy) is 1. The third-order valence-corrected chi connectivity index (χ3v) is 3.44. The molecule has 0 aliphatic carbocycles. The molecule has 19 heavy (non-hydrogen) atoms. The minimum atomic E-state index is -4.28.